The van der Waals surface area contributed by atoms with Gasteiger partial charge in [-0.15, -0.1) is 0 Å². The van der Waals surface area contributed by atoms with Crippen LogP contribution < -0.4 is 4.90 Å². The van der Waals surface area contributed by atoms with E-state index in [1.54, 1.807) is 35.2 Å². The fraction of sp³-hybridized carbons (Fsp3) is 0.353. The van der Waals surface area contributed by atoms with Crippen LogP contribution in [-0.4, -0.2) is 23.2 Å². The van der Waals surface area contributed by atoms with Crippen molar-refractivity contribution >= 4 is 17.4 Å². The molecule has 1 saturated heterocycles. The highest BCUT2D eigenvalue weighted by Gasteiger charge is 2.37. The van der Waals surface area contributed by atoms with Crippen LogP contribution >= 0.6 is 11.6 Å². The molecule has 1 N–H and O–H groups in total. The van der Waals surface area contributed by atoms with Crippen molar-refractivity contribution in [3.8, 4) is 0 Å². The molecule has 128 valence electrons. The van der Waals surface area contributed by atoms with E-state index in [4.69, 9.17) is 11.6 Å². The van der Waals surface area contributed by atoms with E-state index in [1.165, 1.54) is 6.07 Å². The van der Waals surface area contributed by atoms with Crippen LogP contribution in [-0.2, 0) is 11.8 Å². The lowest BCUT2D eigenvalue weighted by Gasteiger charge is -2.39. The molecule has 1 aliphatic rings. The number of pyridine rings is 1. The number of aliphatic hydroxyl groups is 1. The SMILES string of the molecule is OC1(c2ccccc2Cl)CCN(c2cccc(C(F)(F)F)n2)CC1. The Hall–Kier alpha value is -1.79. The maximum absolute atomic E-state index is 12.8. The number of rotatable bonds is 2. The van der Waals surface area contributed by atoms with Crippen LogP contribution in [0.25, 0.3) is 0 Å². The van der Waals surface area contributed by atoms with Crippen molar-refractivity contribution in [3.05, 3.63) is 58.7 Å². The van der Waals surface area contributed by atoms with Crippen molar-refractivity contribution < 1.29 is 18.3 Å². The Labute approximate surface area is 142 Å². The molecule has 0 spiro atoms. The van der Waals surface area contributed by atoms with Crippen molar-refractivity contribution in [1.82, 2.24) is 4.98 Å². The van der Waals surface area contributed by atoms with E-state index in [9.17, 15) is 18.3 Å². The average Bonchev–Trinajstić information content (AvgIpc) is 2.55. The molecule has 2 heterocycles. The van der Waals surface area contributed by atoms with Gasteiger partial charge in [0.25, 0.3) is 0 Å². The van der Waals surface area contributed by atoms with Crippen LogP contribution in [0.3, 0.4) is 0 Å². The second-order valence-electron chi connectivity index (χ2n) is 5.88. The predicted molar refractivity (Wildman–Crippen MR) is 86.0 cm³/mol. The van der Waals surface area contributed by atoms with Gasteiger partial charge >= 0.3 is 6.18 Å². The first-order valence-corrected chi connectivity index (χ1v) is 7.94. The number of alkyl halides is 3. The largest absolute Gasteiger partial charge is 0.433 e. The number of halogens is 4. The zero-order valence-electron chi connectivity index (χ0n) is 12.7. The first-order chi connectivity index (χ1) is 11.3. The molecular weight excluding hydrogens is 341 g/mol. The molecule has 3 nitrogen and oxygen atoms in total. The summed E-state index contributed by atoms with van der Waals surface area (Å²) >= 11 is 6.16. The Morgan fingerprint density at radius 2 is 1.71 bits per heavy atom. The van der Waals surface area contributed by atoms with E-state index in [0.717, 1.165) is 6.07 Å². The van der Waals surface area contributed by atoms with Gasteiger partial charge in [0.05, 0.1) is 5.60 Å². The topological polar surface area (TPSA) is 36.4 Å². The van der Waals surface area contributed by atoms with E-state index in [1.807, 2.05) is 0 Å². The van der Waals surface area contributed by atoms with Gasteiger partial charge in [-0.25, -0.2) is 4.98 Å². The summed E-state index contributed by atoms with van der Waals surface area (Å²) in [6, 6.07) is 10.9. The summed E-state index contributed by atoms with van der Waals surface area (Å²) in [5.74, 6) is 0.269. The molecule has 0 atom stereocenters. The lowest BCUT2D eigenvalue weighted by atomic mass is 9.84. The van der Waals surface area contributed by atoms with Crippen molar-refractivity contribution in [3.63, 3.8) is 0 Å². The molecule has 0 saturated carbocycles. The Balaban J connectivity index is 1.77. The molecule has 0 bridgehead atoms. The lowest BCUT2D eigenvalue weighted by molar-refractivity contribution is -0.141. The monoisotopic (exact) mass is 356 g/mol. The van der Waals surface area contributed by atoms with Crippen LogP contribution in [0, 0.1) is 0 Å². The third-order valence-corrected chi connectivity index (χ3v) is 4.64. The fourth-order valence-electron chi connectivity index (χ4n) is 2.97. The van der Waals surface area contributed by atoms with E-state index in [-0.39, 0.29) is 5.82 Å². The summed E-state index contributed by atoms with van der Waals surface area (Å²) in [4.78, 5) is 5.45. The molecule has 0 radical (unpaired) electrons. The molecule has 1 fully saturated rings. The zero-order valence-corrected chi connectivity index (χ0v) is 13.5. The maximum Gasteiger partial charge on any atom is 0.433 e. The minimum absolute atomic E-state index is 0.269. The molecule has 3 rings (SSSR count). The first-order valence-electron chi connectivity index (χ1n) is 7.56. The van der Waals surface area contributed by atoms with Gasteiger partial charge in [-0.2, -0.15) is 13.2 Å². The molecule has 24 heavy (non-hydrogen) atoms. The van der Waals surface area contributed by atoms with E-state index in [2.05, 4.69) is 4.98 Å². The molecule has 7 heteroatoms. The van der Waals surface area contributed by atoms with Crippen molar-refractivity contribution in [1.29, 1.82) is 0 Å². The lowest BCUT2D eigenvalue weighted by Crippen LogP contribution is -2.43. The standard InChI is InChI=1S/C17H16ClF3N2O/c18-13-5-2-1-4-12(13)16(24)8-10-23(11-9-16)15-7-3-6-14(22-15)17(19,20)21/h1-7,24H,8-11H2. The number of anilines is 1. The van der Waals surface area contributed by atoms with E-state index >= 15 is 0 Å². The summed E-state index contributed by atoms with van der Waals surface area (Å²) in [6.07, 6.45) is -3.73. The Morgan fingerprint density at radius 1 is 1.04 bits per heavy atom. The highest BCUT2D eigenvalue weighted by atomic mass is 35.5. The molecule has 0 unspecified atom stereocenters. The smallest absolute Gasteiger partial charge is 0.385 e. The summed E-state index contributed by atoms with van der Waals surface area (Å²) in [5.41, 5.74) is -1.33. The fourth-order valence-corrected chi connectivity index (χ4v) is 3.28. The van der Waals surface area contributed by atoms with Crippen LogP contribution in [0.2, 0.25) is 5.02 Å². The van der Waals surface area contributed by atoms with Gasteiger partial charge in [-0.3, -0.25) is 0 Å². The van der Waals surface area contributed by atoms with E-state index < -0.39 is 17.5 Å². The molecule has 1 aliphatic heterocycles. The summed E-state index contributed by atoms with van der Waals surface area (Å²) < 4.78 is 38.4. The normalized spacial score (nSPS) is 17.8. The molecule has 0 amide bonds. The second-order valence-corrected chi connectivity index (χ2v) is 6.28. The highest BCUT2D eigenvalue weighted by molar-refractivity contribution is 6.31. The van der Waals surface area contributed by atoms with Crippen LogP contribution in [0.15, 0.2) is 42.5 Å². The first kappa shape index (κ1) is 17.0. The Bertz CT molecular complexity index is 728. The molecule has 1 aromatic carbocycles. The predicted octanol–water partition coefficient (Wildman–Crippen LogP) is 4.24. The quantitative estimate of drug-likeness (QED) is 0.874. The summed E-state index contributed by atoms with van der Waals surface area (Å²) in [5, 5.41) is 11.4. The number of aromatic nitrogens is 1. The number of hydrogen-bond donors (Lipinski definition) is 1. The minimum Gasteiger partial charge on any atom is -0.385 e. The minimum atomic E-state index is -4.47. The van der Waals surface area contributed by atoms with Gasteiger partial charge in [0.1, 0.15) is 11.5 Å². The van der Waals surface area contributed by atoms with Crippen LogP contribution in [0.1, 0.15) is 24.1 Å². The van der Waals surface area contributed by atoms with Gasteiger partial charge in [-0.1, -0.05) is 35.9 Å². The highest BCUT2D eigenvalue weighted by Crippen LogP contribution is 2.38. The number of benzene rings is 1. The van der Waals surface area contributed by atoms with Crippen molar-refractivity contribution in [2.24, 2.45) is 0 Å². The second kappa shape index (κ2) is 6.26. The molecule has 2 aromatic rings. The summed E-state index contributed by atoms with van der Waals surface area (Å²) in [7, 11) is 0. The third-order valence-electron chi connectivity index (χ3n) is 4.31. The average molecular weight is 357 g/mol. The third kappa shape index (κ3) is 3.35. The molecule has 1 aromatic heterocycles. The van der Waals surface area contributed by atoms with Gasteiger partial charge < -0.3 is 10.0 Å². The number of hydrogen-bond acceptors (Lipinski definition) is 3. The van der Waals surface area contributed by atoms with Crippen LogP contribution in [0.4, 0.5) is 19.0 Å². The maximum atomic E-state index is 12.8. The van der Waals surface area contributed by atoms with Gasteiger partial charge in [0.2, 0.25) is 0 Å². The molecule has 0 aliphatic carbocycles. The molecular formula is C17H16ClF3N2O. The van der Waals surface area contributed by atoms with Crippen molar-refractivity contribution in [2.45, 2.75) is 24.6 Å². The number of piperidine rings is 1. The van der Waals surface area contributed by atoms with Gasteiger partial charge in [-0.05, 0) is 31.0 Å². The summed E-state index contributed by atoms with van der Waals surface area (Å²) in [6.45, 7) is 0.798. The van der Waals surface area contributed by atoms with Gasteiger partial charge in [0.15, 0.2) is 0 Å². The Kier molecular flexibility index (Phi) is 4.44. The van der Waals surface area contributed by atoms with Crippen molar-refractivity contribution in [2.75, 3.05) is 18.0 Å². The van der Waals surface area contributed by atoms with Crippen LogP contribution in [0.5, 0.6) is 0 Å². The Morgan fingerprint density at radius 3 is 2.33 bits per heavy atom. The van der Waals surface area contributed by atoms with E-state index in [0.29, 0.717) is 36.5 Å². The van der Waals surface area contributed by atoms with Gasteiger partial charge in [0, 0.05) is 23.7 Å². The number of nitrogens with zero attached hydrogens (tertiary/aromatic N) is 2. The zero-order chi connectivity index (χ0) is 17.4.